The van der Waals surface area contributed by atoms with E-state index in [1.165, 1.54) is 17.8 Å². The van der Waals surface area contributed by atoms with Gasteiger partial charge in [-0.2, -0.15) is 13.2 Å². The number of carbonyl (C=O) groups excluding carboxylic acids is 1. The van der Waals surface area contributed by atoms with Gasteiger partial charge in [0.15, 0.2) is 0 Å². The van der Waals surface area contributed by atoms with Crippen LogP contribution in [0.1, 0.15) is 18.1 Å². The molecule has 0 saturated carbocycles. The Labute approximate surface area is 151 Å². The molecular formula is C17H13ClF3NO2S. The molecule has 132 valence electrons. The number of benzene rings is 2. The topological polar surface area (TPSA) is 38.3 Å². The van der Waals surface area contributed by atoms with Crippen LogP contribution in [-0.2, 0) is 15.7 Å². The Morgan fingerprint density at radius 2 is 1.92 bits per heavy atom. The summed E-state index contributed by atoms with van der Waals surface area (Å²) >= 11 is 7.30. The van der Waals surface area contributed by atoms with E-state index in [1.54, 1.807) is 25.1 Å². The normalized spacial score (nSPS) is 19.5. The number of halogens is 4. The molecule has 1 aliphatic heterocycles. The highest BCUT2D eigenvalue weighted by atomic mass is 35.5. The molecule has 0 aromatic heterocycles. The average molecular weight is 388 g/mol. The van der Waals surface area contributed by atoms with Crippen molar-refractivity contribution in [2.24, 2.45) is 0 Å². The van der Waals surface area contributed by atoms with Crippen molar-refractivity contribution < 1.29 is 22.7 Å². The summed E-state index contributed by atoms with van der Waals surface area (Å²) in [6.45, 7) is 1.80. The van der Waals surface area contributed by atoms with Crippen molar-refractivity contribution in [3.63, 3.8) is 0 Å². The first-order chi connectivity index (χ1) is 11.6. The molecule has 3 rings (SSSR count). The van der Waals surface area contributed by atoms with E-state index in [0.717, 1.165) is 17.7 Å². The summed E-state index contributed by atoms with van der Waals surface area (Å²) in [5.41, 5.74) is 0.599. The number of rotatable bonds is 3. The van der Waals surface area contributed by atoms with E-state index in [1.807, 2.05) is 6.26 Å². The summed E-state index contributed by atoms with van der Waals surface area (Å²) in [4.78, 5) is 12.1. The number of fused-ring (bicyclic) bond motifs is 1. The predicted molar refractivity (Wildman–Crippen MR) is 92.5 cm³/mol. The third-order valence-electron chi connectivity index (χ3n) is 4.08. The first kappa shape index (κ1) is 17.9. The summed E-state index contributed by atoms with van der Waals surface area (Å²) in [5, 5.41) is 2.66. The summed E-state index contributed by atoms with van der Waals surface area (Å²) in [6, 6.07) is 7.92. The lowest BCUT2D eigenvalue weighted by Crippen LogP contribution is -2.26. The largest absolute Gasteiger partial charge is 0.456 e. The van der Waals surface area contributed by atoms with Crippen LogP contribution in [0.4, 0.5) is 18.9 Å². The van der Waals surface area contributed by atoms with Gasteiger partial charge in [0.2, 0.25) is 5.91 Å². The fourth-order valence-corrected chi connectivity index (χ4v) is 3.39. The number of ether oxygens (including phenoxy) is 1. The lowest BCUT2D eigenvalue weighted by molar-refractivity contribution is -0.137. The molecule has 3 nitrogen and oxygen atoms in total. The van der Waals surface area contributed by atoms with Gasteiger partial charge < -0.3 is 10.1 Å². The summed E-state index contributed by atoms with van der Waals surface area (Å²) < 4.78 is 43.0. The summed E-state index contributed by atoms with van der Waals surface area (Å²) in [6.07, 6.45) is -2.64. The molecule has 2 aromatic rings. The van der Waals surface area contributed by atoms with E-state index in [2.05, 4.69) is 5.32 Å². The molecule has 1 atom stereocenters. The Hall–Kier alpha value is -1.86. The zero-order valence-corrected chi connectivity index (χ0v) is 14.8. The molecule has 0 aliphatic carbocycles. The van der Waals surface area contributed by atoms with Crippen LogP contribution < -0.4 is 10.1 Å². The van der Waals surface area contributed by atoms with E-state index in [4.69, 9.17) is 16.3 Å². The van der Waals surface area contributed by atoms with E-state index in [-0.39, 0.29) is 16.7 Å². The van der Waals surface area contributed by atoms with Crippen LogP contribution in [0.25, 0.3) is 0 Å². The Kier molecular flexibility index (Phi) is 4.41. The van der Waals surface area contributed by atoms with Gasteiger partial charge in [0.25, 0.3) is 0 Å². The standard InChI is InChI=1S/C17H13ClF3NO2S/c1-16(25-2)11-8-10(4-5-13(11)22-15(16)23)24-14-6-3-9(7-12(14)18)17(19,20)21/h3-8H,1-2H3,(H,22,23). The van der Waals surface area contributed by atoms with Crippen LogP contribution in [-0.4, -0.2) is 12.2 Å². The Morgan fingerprint density at radius 3 is 2.52 bits per heavy atom. The maximum Gasteiger partial charge on any atom is 0.416 e. The van der Waals surface area contributed by atoms with Crippen LogP contribution in [0.5, 0.6) is 11.5 Å². The summed E-state index contributed by atoms with van der Waals surface area (Å²) in [5.74, 6) is 0.370. The third-order valence-corrected chi connectivity index (χ3v) is 5.60. The zero-order valence-electron chi connectivity index (χ0n) is 13.2. The van der Waals surface area contributed by atoms with Crippen LogP contribution in [0, 0.1) is 0 Å². The number of thioether (sulfide) groups is 1. The molecule has 1 N–H and O–H groups in total. The van der Waals surface area contributed by atoms with Gasteiger partial charge in [-0.3, -0.25) is 4.79 Å². The Morgan fingerprint density at radius 1 is 1.20 bits per heavy atom. The van der Waals surface area contributed by atoms with Gasteiger partial charge in [-0.05, 0) is 49.6 Å². The van der Waals surface area contributed by atoms with Crippen molar-refractivity contribution in [3.05, 3.63) is 52.5 Å². The van der Waals surface area contributed by atoms with E-state index in [0.29, 0.717) is 11.4 Å². The maximum atomic E-state index is 12.7. The highest BCUT2D eigenvalue weighted by Gasteiger charge is 2.42. The van der Waals surface area contributed by atoms with Crippen LogP contribution in [0.2, 0.25) is 5.02 Å². The first-order valence-electron chi connectivity index (χ1n) is 7.21. The van der Waals surface area contributed by atoms with Crippen molar-refractivity contribution in [2.45, 2.75) is 17.8 Å². The number of alkyl halides is 3. The van der Waals surface area contributed by atoms with Crippen LogP contribution >= 0.6 is 23.4 Å². The van der Waals surface area contributed by atoms with E-state index >= 15 is 0 Å². The summed E-state index contributed by atoms with van der Waals surface area (Å²) in [7, 11) is 0. The molecule has 2 aromatic carbocycles. The second-order valence-corrected chi connectivity index (χ2v) is 7.28. The van der Waals surface area contributed by atoms with Gasteiger partial charge in [-0.25, -0.2) is 0 Å². The molecule has 0 bridgehead atoms. The molecule has 8 heteroatoms. The smallest absolute Gasteiger partial charge is 0.416 e. The number of hydrogen-bond donors (Lipinski definition) is 1. The fourth-order valence-electron chi connectivity index (χ4n) is 2.54. The van der Waals surface area contributed by atoms with Gasteiger partial charge in [-0.1, -0.05) is 11.6 Å². The number of anilines is 1. The molecule has 0 fully saturated rings. The maximum absolute atomic E-state index is 12.7. The number of carbonyl (C=O) groups is 1. The minimum absolute atomic E-state index is 0.109. The molecule has 1 aliphatic rings. The van der Waals surface area contributed by atoms with Crippen molar-refractivity contribution in [3.8, 4) is 11.5 Å². The zero-order chi connectivity index (χ0) is 18.4. The Bertz CT molecular complexity index is 856. The molecule has 0 spiro atoms. The first-order valence-corrected chi connectivity index (χ1v) is 8.81. The quantitative estimate of drug-likeness (QED) is 0.736. The minimum Gasteiger partial charge on any atom is -0.456 e. The van der Waals surface area contributed by atoms with Crippen LogP contribution in [0.15, 0.2) is 36.4 Å². The van der Waals surface area contributed by atoms with Gasteiger partial charge >= 0.3 is 6.18 Å². The van der Waals surface area contributed by atoms with Crippen molar-refractivity contribution in [1.29, 1.82) is 0 Å². The Balaban J connectivity index is 1.92. The van der Waals surface area contributed by atoms with Crippen molar-refractivity contribution in [1.82, 2.24) is 0 Å². The lowest BCUT2D eigenvalue weighted by Gasteiger charge is -2.19. The molecule has 1 heterocycles. The number of nitrogens with one attached hydrogen (secondary N) is 1. The number of hydrogen-bond acceptors (Lipinski definition) is 3. The van der Waals surface area contributed by atoms with Crippen LogP contribution in [0.3, 0.4) is 0 Å². The van der Waals surface area contributed by atoms with E-state index in [9.17, 15) is 18.0 Å². The molecular weight excluding hydrogens is 375 g/mol. The monoisotopic (exact) mass is 387 g/mol. The number of amides is 1. The van der Waals surface area contributed by atoms with Gasteiger partial charge in [0.1, 0.15) is 16.2 Å². The second kappa shape index (κ2) is 6.14. The second-order valence-electron chi connectivity index (χ2n) is 5.64. The van der Waals surface area contributed by atoms with Gasteiger partial charge in [-0.15, -0.1) is 11.8 Å². The van der Waals surface area contributed by atoms with E-state index < -0.39 is 16.5 Å². The third kappa shape index (κ3) is 3.18. The molecule has 1 unspecified atom stereocenters. The molecule has 25 heavy (non-hydrogen) atoms. The highest BCUT2D eigenvalue weighted by Crippen LogP contribution is 2.46. The van der Waals surface area contributed by atoms with Gasteiger partial charge in [0.05, 0.1) is 10.6 Å². The average Bonchev–Trinajstić information content (AvgIpc) is 2.80. The molecule has 0 saturated heterocycles. The molecule has 0 radical (unpaired) electrons. The predicted octanol–water partition coefficient (Wildman–Crippen LogP) is 5.68. The highest BCUT2D eigenvalue weighted by molar-refractivity contribution is 8.00. The minimum atomic E-state index is -4.47. The fraction of sp³-hybridized carbons (Fsp3) is 0.235. The molecule has 1 amide bonds. The lowest BCUT2D eigenvalue weighted by atomic mass is 10.0. The van der Waals surface area contributed by atoms with Crippen molar-refractivity contribution >= 4 is 35.0 Å². The van der Waals surface area contributed by atoms with Gasteiger partial charge in [0, 0.05) is 11.3 Å². The van der Waals surface area contributed by atoms with Crippen molar-refractivity contribution in [2.75, 3.05) is 11.6 Å². The SMILES string of the molecule is CSC1(C)C(=O)Nc2ccc(Oc3ccc(C(F)(F)F)cc3Cl)cc21.